The van der Waals surface area contributed by atoms with E-state index in [1.165, 1.54) is 6.07 Å². The van der Waals surface area contributed by atoms with Gasteiger partial charge in [0, 0.05) is 22.9 Å². The quantitative estimate of drug-likeness (QED) is 0.657. The summed E-state index contributed by atoms with van der Waals surface area (Å²) in [6.07, 6.45) is 2.16. The lowest BCUT2D eigenvalue weighted by Gasteiger charge is -2.20. The molecule has 3 aromatic rings. The van der Waals surface area contributed by atoms with Gasteiger partial charge in [-0.1, -0.05) is 34.1 Å². The van der Waals surface area contributed by atoms with Crippen LogP contribution in [0.5, 0.6) is 0 Å². The molecule has 6 heteroatoms. The number of hydrogen-bond donors (Lipinski definition) is 1. The van der Waals surface area contributed by atoms with Crippen LogP contribution in [0.1, 0.15) is 23.2 Å². The van der Waals surface area contributed by atoms with Crippen molar-refractivity contribution in [3.8, 4) is 0 Å². The molecule has 1 amide bonds. The van der Waals surface area contributed by atoms with Gasteiger partial charge in [-0.25, -0.2) is 9.37 Å². The lowest BCUT2D eigenvalue weighted by Crippen LogP contribution is -2.24. The van der Waals surface area contributed by atoms with Crippen molar-refractivity contribution in [1.82, 2.24) is 4.98 Å². The number of halogens is 2. The lowest BCUT2D eigenvalue weighted by molar-refractivity contribution is 0.102. The van der Waals surface area contributed by atoms with E-state index in [-0.39, 0.29) is 11.6 Å². The van der Waals surface area contributed by atoms with Crippen LogP contribution in [0.4, 0.5) is 15.9 Å². The summed E-state index contributed by atoms with van der Waals surface area (Å²) >= 11 is 3.22. The number of para-hydroxylation sites is 1. The van der Waals surface area contributed by atoms with Crippen molar-refractivity contribution < 1.29 is 9.18 Å². The van der Waals surface area contributed by atoms with Gasteiger partial charge >= 0.3 is 0 Å². The SMILES string of the molecule is O=C(Nc1ccc(Br)cc1F)c1cc2ccccc2nc1N1CCCC1. The van der Waals surface area contributed by atoms with Crippen LogP contribution < -0.4 is 10.2 Å². The molecule has 1 fully saturated rings. The molecule has 4 nitrogen and oxygen atoms in total. The molecule has 1 aromatic heterocycles. The van der Waals surface area contributed by atoms with Crippen molar-refractivity contribution >= 4 is 44.2 Å². The molecule has 0 radical (unpaired) electrons. The molecule has 1 aliphatic heterocycles. The maximum atomic E-state index is 14.1. The van der Waals surface area contributed by atoms with E-state index in [9.17, 15) is 9.18 Å². The number of nitrogens with one attached hydrogen (secondary N) is 1. The highest BCUT2D eigenvalue weighted by molar-refractivity contribution is 9.10. The van der Waals surface area contributed by atoms with Gasteiger partial charge in [-0.15, -0.1) is 0 Å². The second-order valence-corrected chi connectivity index (χ2v) is 7.24. The van der Waals surface area contributed by atoms with Crippen molar-refractivity contribution in [2.75, 3.05) is 23.3 Å². The zero-order valence-corrected chi connectivity index (χ0v) is 15.6. The molecule has 0 spiro atoms. The third kappa shape index (κ3) is 3.29. The van der Waals surface area contributed by atoms with E-state index in [1.54, 1.807) is 12.1 Å². The fourth-order valence-corrected chi connectivity index (χ4v) is 3.56. The van der Waals surface area contributed by atoms with Crippen LogP contribution in [-0.2, 0) is 0 Å². The molecule has 0 unspecified atom stereocenters. The standard InChI is InChI=1S/C20H17BrFN3O/c21-14-7-8-18(16(22)12-14)24-20(26)15-11-13-5-1-2-6-17(13)23-19(15)25-9-3-4-10-25/h1-2,5-8,11-12H,3-4,9-10H2,(H,24,26). The third-order valence-corrected chi connectivity index (χ3v) is 5.03. The van der Waals surface area contributed by atoms with E-state index in [1.807, 2.05) is 30.3 Å². The Morgan fingerprint density at radius 2 is 1.88 bits per heavy atom. The number of rotatable bonds is 3. The third-order valence-electron chi connectivity index (χ3n) is 4.53. The predicted molar refractivity (Wildman–Crippen MR) is 105 cm³/mol. The molecule has 2 heterocycles. The summed E-state index contributed by atoms with van der Waals surface area (Å²) in [4.78, 5) is 19.8. The fraction of sp³-hybridized carbons (Fsp3) is 0.200. The van der Waals surface area contributed by atoms with Crippen molar-refractivity contribution in [2.24, 2.45) is 0 Å². The van der Waals surface area contributed by atoms with Crippen molar-refractivity contribution in [2.45, 2.75) is 12.8 Å². The number of hydrogen-bond acceptors (Lipinski definition) is 3. The van der Waals surface area contributed by atoms with Crippen LogP contribution in [0.15, 0.2) is 53.0 Å². The molecule has 0 atom stereocenters. The normalized spacial score (nSPS) is 14.0. The Morgan fingerprint density at radius 3 is 2.65 bits per heavy atom. The van der Waals surface area contributed by atoms with E-state index >= 15 is 0 Å². The molecule has 1 aliphatic rings. The van der Waals surface area contributed by atoms with E-state index in [4.69, 9.17) is 4.98 Å². The first kappa shape index (κ1) is 17.0. The number of fused-ring (bicyclic) bond motifs is 1. The number of nitrogens with zero attached hydrogens (tertiary/aromatic N) is 2. The maximum absolute atomic E-state index is 14.1. The summed E-state index contributed by atoms with van der Waals surface area (Å²) in [5, 5.41) is 3.57. The Hall–Kier alpha value is -2.47. The highest BCUT2D eigenvalue weighted by atomic mass is 79.9. The number of carbonyl (C=O) groups is 1. The van der Waals surface area contributed by atoms with Crippen LogP contribution in [0.3, 0.4) is 0 Å². The number of aromatic nitrogens is 1. The van der Waals surface area contributed by atoms with Crippen molar-refractivity contribution in [3.05, 3.63) is 64.4 Å². The lowest BCUT2D eigenvalue weighted by atomic mass is 10.1. The van der Waals surface area contributed by atoms with Crippen LogP contribution in [0.25, 0.3) is 10.9 Å². The fourth-order valence-electron chi connectivity index (χ4n) is 3.22. The van der Waals surface area contributed by atoms with Crippen LogP contribution in [-0.4, -0.2) is 24.0 Å². The Labute approximate surface area is 159 Å². The molecular weight excluding hydrogens is 397 g/mol. The minimum absolute atomic E-state index is 0.152. The minimum Gasteiger partial charge on any atom is -0.356 e. The van der Waals surface area contributed by atoms with Gasteiger partial charge in [0.15, 0.2) is 0 Å². The highest BCUT2D eigenvalue weighted by Gasteiger charge is 2.22. The number of benzene rings is 2. The summed E-state index contributed by atoms with van der Waals surface area (Å²) in [6, 6.07) is 14.1. The number of anilines is 2. The zero-order valence-electron chi connectivity index (χ0n) is 14.0. The topological polar surface area (TPSA) is 45.2 Å². The molecular formula is C20H17BrFN3O. The predicted octanol–water partition coefficient (Wildman–Crippen LogP) is 4.99. The van der Waals surface area contributed by atoms with E-state index in [0.717, 1.165) is 36.8 Å². The van der Waals surface area contributed by atoms with Gasteiger partial charge in [0.25, 0.3) is 5.91 Å². The van der Waals surface area contributed by atoms with Crippen molar-refractivity contribution in [1.29, 1.82) is 0 Å². The Kier molecular flexibility index (Phi) is 4.59. The molecule has 0 saturated carbocycles. The summed E-state index contributed by atoms with van der Waals surface area (Å²) in [5.41, 5.74) is 1.47. The largest absolute Gasteiger partial charge is 0.356 e. The van der Waals surface area contributed by atoms with E-state index in [2.05, 4.69) is 26.1 Å². The second-order valence-electron chi connectivity index (χ2n) is 6.32. The molecule has 1 N–H and O–H groups in total. The molecule has 0 aliphatic carbocycles. The summed E-state index contributed by atoms with van der Waals surface area (Å²) < 4.78 is 14.7. The summed E-state index contributed by atoms with van der Waals surface area (Å²) in [6.45, 7) is 1.75. The Bertz CT molecular complexity index is 986. The van der Waals surface area contributed by atoms with Gasteiger partial charge in [0.05, 0.1) is 16.8 Å². The second kappa shape index (κ2) is 7.03. The molecule has 0 bridgehead atoms. The number of amides is 1. The van der Waals surface area contributed by atoms with Gasteiger partial charge in [-0.05, 0) is 43.2 Å². The zero-order chi connectivity index (χ0) is 18.1. The Balaban J connectivity index is 1.75. The van der Waals surface area contributed by atoms with Gasteiger partial charge in [-0.3, -0.25) is 4.79 Å². The molecule has 1 saturated heterocycles. The highest BCUT2D eigenvalue weighted by Crippen LogP contribution is 2.28. The smallest absolute Gasteiger partial charge is 0.259 e. The molecule has 26 heavy (non-hydrogen) atoms. The minimum atomic E-state index is -0.482. The van der Waals surface area contributed by atoms with E-state index in [0.29, 0.717) is 15.9 Å². The average molecular weight is 414 g/mol. The van der Waals surface area contributed by atoms with E-state index < -0.39 is 5.82 Å². The maximum Gasteiger partial charge on any atom is 0.259 e. The van der Waals surface area contributed by atoms with Gasteiger partial charge in [-0.2, -0.15) is 0 Å². The summed E-state index contributed by atoms with van der Waals surface area (Å²) in [5.74, 6) is -0.174. The van der Waals surface area contributed by atoms with Crippen LogP contribution in [0, 0.1) is 5.82 Å². The van der Waals surface area contributed by atoms with Gasteiger partial charge in [0.1, 0.15) is 11.6 Å². The summed E-state index contributed by atoms with van der Waals surface area (Å²) in [7, 11) is 0. The van der Waals surface area contributed by atoms with Gasteiger partial charge < -0.3 is 10.2 Å². The van der Waals surface area contributed by atoms with Crippen LogP contribution in [0.2, 0.25) is 0 Å². The first-order chi connectivity index (χ1) is 12.6. The average Bonchev–Trinajstić information content (AvgIpc) is 3.17. The first-order valence-electron chi connectivity index (χ1n) is 8.53. The number of pyridine rings is 1. The molecule has 2 aromatic carbocycles. The monoisotopic (exact) mass is 413 g/mol. The van der Waals surface area contributed by atoms with Crippen molar-refractivity contribution in [3.63, 3.8) is 0 Å². The molecule has 4 rings (SSSR count). The number of carbonyl (C=O) groups excluding carboxylic acids is 1. The Morgan fingerprint density at radius 1 is 1.12 bits per heavy atom. The first-order valence-corrected chi connectivity index (χ1v) is 9.32. The van der Waals surface area contributed by atoms with Crippen LogP contribution >= 0.6 is 15.9 Å². The van der Waals surface area contributed by atoms with Gasteiger partial charge in [0.2, 0.25) is 0 Å². The molecule has 132 valence electrons.